The summed E-state index contributed by atoms with van der Waals surface area (Å²) in [7, 11) is 0. The van der Waals surface area contributed by atoms with Crippen molar-refractivity contribution in [3.63, 3.8) is 0 Å². The molecule has 0 unspecified atom stereocenters. The van der Waals surface area contributed by atoms with Crippen LogP contribution in [0.1, 0.15) is 18.9 Å². The largest absolute Gasteiger partial charge is 0.355 e. The molecule has 3 aromatic rings. The highest BCUT2D eigenvalue weighted by molar-refractivity contribution is 6.00. The zero-order valence-corrected chi connectivity index (χ0v) is 14.8. The number of pyridine rings is 1. The van der Waals surface area contributed by atoms with E-state index in [0.29, 0.717) is 24.8 Å². The Labute approximate surface area is 155 Å². The molecule has 0 saturated heterocycles. The lowest BCUT2D eigenvalue weighted by molar-refractivity contribution is -0.383. The van der Waals surface area contributed by atoms with Crippen LogP contribution in [0, 0.1) is 10.1 Å². The second kappa shape index (κ2) is 6.68. The molecule has 0 bridgehead atoms. The van der Waals surface area contributed by atoms with Crippen LogP contribution in [0.15, 0.2) is 48.8 Å². The second-order valence-corrected chi connectivity index (χ2v) is 6.42. The first kappa shape index (κ1) is 17.0. The van der Waals surface area contributed by atoms with Gasteiger partial charge in [0.2, 0.25) is 5.91 Å². The van der Waals surface area contributed by atoms with Gasteiger partial charge >= 0.3 is 0 Å². The maximum absolute atomic E-state index is 12.0. The van der Waals surface area contributed by atoms with Crippen LogP contribution in [0.3, 0.4) is 0 Å². The van der Waals surface area contributed by atoms with Gasteiger partial charge in [0, 0.05) is 53.9 Å². The number of carbonyl (C=O) groups is 1. The van der Waals surface area contributed by atoms with E-state index in [2.05, 4.69) is 10.3 Å². The number of aromatic nitrogens is 1. The number of carbonyl (C=O) groups excluding carboxylic acids is 1. The zero-order valence-electron chi connectivity index (χ0n) is 14.8. The molecule has 1 aliphatic heterocycles. The first-order valence-corrected chi connectivity index (χ1v) is 8.80. The van der Waals surface area contributed by atoms with Crippen molar-refractivity contribution in [2.24, 2.45) is 0 Å². The van der Waals surface area contributed by atoms with Gasteiger partial charge in [-0.2, -0.15) is 0 Å². The summed E-state index contributed by atoms with van der Waals surface area (Å²) in [5.41, 5.74) is 3.76. The van der Waals surface area contributed by atoms with E-state index in [0.717, 1.165) is 28.0 Å². The summed E-state index contributed by atoms with van der Waals surface area (Å²) in [6, 6.07) is 10.9. The molecule has 1 aromatic heterocycles. The molecule has 0 saturated carbocycles. The Hall–Kier alpha value is -3.48. The monoisotopic (exact) mass is 362 g/mol. The third kappa shape index (κ3) is 2.97. The van der Waals surface area contributed by atoms with Crippen molar-refractivity contribution in [2.75, 3.05) is 16.8 Å². The molecule has 27 heavy (non-hydrogen) atoms. The number of nitro benzene ring substituents is 1. The molecule has 7 heteroatoms. The molecule has 1 N–H and O–H groups in total. The van der Waals surface area contributed by atoms with Crippen LogP contribution >= 0.6 is 0 Å². The molecule has 1 aliphatic rings. The molecule has 0 radical (unpaired) electrons. The number of anilines is 3. The lowest BCUT2D eigenvalue weighted by atomic mass is 10.00. The molecule has 4 rings (SSSR count). The Kier molecular flexibility index (Phi) is 4.19. The standard InChI is InChI=1S/C20H18N4O3/c1-2-23-18-6-4-14(11-13(18)3-8-20(23)25)22-17-5-7-19(24(26)27)16-12-21-10-9-15(16)17/h4-7,9-12,22H,2-3,8H2,1H3. The van der Waals surface area contributed by atoms with Crippen LogP contribution in [0.4, 0.5) is 22.7 Å². The highest BCUT2D eigenvalue weighted by atomic mass is 16.6. The molecule has 0 aliphatic carbocycles. The number of aryl methyl sites for hydroxylation is 1. The van der Waals surface area contributed by atoms with E-state index < -0.39 is 4.92 Å². The molecule has 2 heterocycles. The first-order chi connectivity index (χ1) is 13.1. The van der Waals surface area contributed by atoms with E-state index in [9.17, 15) is 14.9 Å². The number of non-ortho nitro benzene ring substituents is 1. The Morgan fingerprint density at radius 1 is 1.19 bits per heavy atom. The maximum Gasteiger partial charge on any atom is 0.278 e. The van der Waals surface area contributed by atoms with E-state index >= 15 is 0 Å². The van der Waals surface area contributed by atoms with Gasteiger partial charge in [-0.1, -0.05) is 0 Å². The van der Waals surface area contributed by atoms with Crippen LogP contribution in [0.2, 0.25) is 0 Å². The fourth-order valence-electron chi connectivity index (χ4n) is 3.58. The molecular formula is C20H18N4O3. The summed E-state index contributed by atoms with van der Waals surface area (Å²) < 4.78 is 0. The van der Waals surface area contributed by atoms with Crippen molar-refractivity contribution in [3.05, 3.63) is 64.5 Å². The summed E-state index contributed by atoms with van der Waals surface area (Å²) in [6.07, 6.45) is 4.35. The van der Waals surface area contributed by atoms with Gasteiger partial charge in [-0.25, -0.2) is 0 Å². The Morgan fingerprint density at radius 3 is 2.81 bits per heavy atom. The van der Waals surface area contributed by atoms with Crippen LogP contribution in [0.25, 0.3) is 10.8 Å². The number of amides is 1. The lowest BCUT2D eigenvalue weighted by Crippen LogP contribution is -2.34. The van der Waals surface area contributed by atoms with Gasteiger partial charge in [0.1, 0.15) is 0 Å². The van der Waals surface area contributed by atoms with Crippen LogP contribution < -0.4 is 10.2 Å². The Balaban J connectivity index is 1.72. The number of hydrogen-bond acceptors (Lipinski definition) is 5. The first-order valence-electron chi connectivity index (χ1n) is 8.80. The quantitative estimate of drug-likeness (QED) is 0.555. The van der Waals surface area contributed by atoms with Crippen molar-refractivity contribution in [1.29, 1.82) is 0 Å². The molecule has 7 nitrogen and oxygen atoms in total. The lowest BCUT2D eigenvalue weighted by Gasteiger charge is -2.28. The predicted octanol–water partition coefficient (Wildman–Crippen LogP) is 4.19. The SMILES string of the molecule is CCN1C(=O)CCc2cc(Nc3ccc([N+](=O)[O-])c4cnccc34)ccc21. The molecule has 1 amide bonds. The number of rotatable bonds is 4. The fourth-order valence-corrected chi connectivity index (χ4v) is 3.58. The molecule has 0 atom stereocenters. The minimum Gasteiger partial charge on any atom is -0.355 e. The van der Waals surface area contributed by atoms with E-state index in [1.165, 1.54) is 12.3 Å². The normalized spacial score (nSPS) is 13.5. The van der Waals surface area contributed by atoms with E-state index in [1.54, 1.807) is 23.2 Å². The van der Waals surface area contributed by atoms with Crippen LogP contribution in [-0.4, -0.2) is 22.4 Å². The van der Waals surface area contributed by atoms with Gasteiger partial charge in [-0.3, -0.25) is 19.9 Å². The maximum atomic E-state index is 12.0. The summed E-state index contributed by atoms with van der Waals surface area (Å²) in [6.45, 7) is 2.62. The third-order valence-corrected chi connectivity index (χ3v) is 4.87. The molecule has 136 valence electrons. The molecule has 0 spiro atoms. The zero-order chi connectivity index (χ0) is 19.0. The van der Waals surface area contributed by atoms with E-state index in [1.807, 2.05) is 25.1 Å². The number of hydrogen-bond donors (Lipinski definition) is 1. The topological polar surface area (TPSA) is 88.4 Å². The number of benzene rings is 2. The number of nitrogens with zero attached hydrogens (tertiary/aromatic N) is 3. The predicted molar refractivity (Wildman–Crippen MR) is 104 cm³/mol. The summed E-state index contributed by atoms with van der Waals surface area (Å²) in [5.74, 6) is 0.152. The van der Waals surface area contributed by atoms with Crippen molar-refractivity contribution < 1.29 is 9.72 Å². The van der Waals surface area contributed by atoms with Gasteiger partial charge in [0.05, 0.1) is 10.3 Å². The summed E-state index contributed by atoms with van der Waals surface area (Å²) in [4.78, 5) is 28.7. The fraction of sp³-hybridized carbons (Fsp3) is 0.200. The van der Waals surface area contributed by atoms with Crippen molar-refractivity contribution in [3.8, 4) is 0 Å². The van der Waals surface area contributed by atoms with Gasteiger partial charge in [0.15, 0.2) is 0 Å². The van der Waals surface area contributed by atoms with Gasteiger partial charge < -0.3 is 10.2 Å². The number of nitrogens with one attached hydrogen (secondary N) is 1. The highest BCUT2D eigenvalue weighted by Crippen LogP contribution is 2.35. The van der Waals surface area contributed by atoms with Gasteiger partial charge in [0.25, 0.3) is 5.69 Å². The second-order valence-electron chi connectivity index (χ2n) is 6.42. The number of fused-ring (bicyclic) bond motifs is 2. The van der Waals surface area contributed by atoms with Crippen molar-refractivity contribution in [1.82, 2.24) is 4.98 Å². The molecular weight excluding hydrogens is 344 g/mol. The van der Waals surface area contributed by atoms with Crippen LogP contribution in [0.5, 0.6) is 0 Å². The van der Waals surface area contributed by atoms with Crippen molar-refractivity contribution >= 4 is 39.4 Å². The average Bonchev–Trinajstić information content (AvgIpc) is 2.68. The van der Waals surface area contributed by atoms with E-state index in [-0.39, 0.29) is 11.6 Å². The summed E-state index contributed by atoms with van der Waals surface area (Å²) in [5, 5.41) is 15.8. The molecule has 0 fully saturated rings. The van der Waals surface area contributed by atoms with E-state index in [4.69, 9.17) is 0 Å². The minimum atomic E-state index is -0.400. The average molecular weight is 362 g/mol. The minimum absolute atomic E-state index is 0.0335. The van der Waals surface area contributed by atoms with Crippen LogP contribution in [-0.2, 0) is 11.2 Å². The Bertz CT molecular complexity index is 1060. The number of nitro groups is 1. The Morgan fingerprint density at radius 2 is 2.04 bits per heavy atom. The van der Waals surface area contributed by atoms with Gasteiger partial charge in [-0.05, 0) is 49.2 Å². The van der Waals surface area contributed by atoms with Crippen molar-refractivity contribution in [2.45, 2.75) is 19.8 Å². The highest BCUT2D eigenvalue weighted by Gasteiger charge is 2.23. The smallest absolute Gasteiger partial charge is 0.278 e. The molecule has 2 aromatic carbocycles. The summed E-state index contributed by atoms with van der Waals surface area (Å²) >= 11 is 0. The van der Waals surface area contributed by atoms with Gasteiger partial charge in [-0.15, -0.1) is 0 Å². The third-order valence-electron chi connectivity index (χ3n) is 4.87.